The van der Waals surface area contributed by atoms with Gasteiger partial charge in [0.15, 0.2) is 0 Å². The van der Waals surface area contributed by atoms with Gasteiger partial charge in [-0.1, -0.05) is 24.3 Å². The van der Waals surface area contributed by atoms with Gasteiger partial charge in [0, 0.05) is 4.90 Å². The summed E-state index contributed by atoms with van der Waals surface area (Å²) in [6.07, 6.45) is 2.06. The Morgan fingerprint density at radius 3 is 2.53 bits per heavy atom. The number of hydrogen-bond donors (Lipinski definition) is 1. The van der Waals surface area contributed by atoms with E-state index in [0.29, 0.717) is 0 Å². The number of hydrogen-bond acceptors (Lipinski definition) is 2. The average Bonchev–Trinajstić information content (AvgIpc) is 2.39. The lowest BCUT2D eigenvalue weighted by atomic mass is 9.97. The summed E-state index contributed by atoms with van der Waals surface area (Å²) >= 11 is 1.71. The van der Waals surface area contributed by atoms with E-state index in [-0.39, 0.29) is 11.9 Å². The highest BCUT2D eigenvalue weighted by atomic mass is 32.2. The van der Waals surface area contributed by atoms with Crippen LogP contribution in [-0.2, 0) is 0 Å². The number of aryl methyl sites for hydroxylation is 1. The van der Waals surface area contributed by atoms with Gasteiger partial charge in [-0.2, -0.15) is 0 Å². The Bertz CT molecular complexity index is 548. The van der Waals surface area contributed by atoms with Crippen molar-refractivity contribution in [1.82, 2.24) is 5.32 Å². The molecule has 0 saturated heterocycles. The Morgan fingerprint density at radius 1 is 1.16 bits per heavy atom. The molecule has 0 fully saturated rings. The van der Waals surface area contributed by atoms with Gasteiger partial charge in [-0.05, 0) is 55.1 Å². The van der Waals surface area contributed by atoms with E-state index in [2.05, 4.69) is 23.7 Å². The third-order valence-electron chi connectivity index (χ3n) is 3.14. The van der Waals surface area contributed by atoms with Gasteiger partial charge in [-0.15, -0.1) is 11.8 Å². The molecule has 100 valence electrons. The Kier molecular flexibility index (Phi) is 4.61. The molecule has 2 aromatic carbocycles. The zero-order valence-corrected chi connectivity index (χ0v) is 12.2. The van der Waals surface area contributed by atoms with E-state index in [4.69, 9.17) is 0 Å². The maximum Gasteiger partial charge on any atom is 0.123 e. The molecule has 19 heavy (non-hydrogen) atoms. The zero-order chi connectivity index (χ0) is 13.8. The van der Waals surface area contributed by atoms with Crippen molar-refractivity contribution in [3.8, 4) is 0 Å². The third kappa shape index (κ3) is 3.17. The molecular formula is C16H18FNS. The Morgan fingerprint density at radius 2 is 1.89 bits per heavy atom. The van der Waals surface area contributed by atoms with E-state index in [1.54, 1.807) is 23.9 Å². The summed E-state index contributed by atoms with van der Waals surface area (Å²) in [5.74, 6) is -0.183. The third-order valence-corrected chi connectivity index (χ3v) is 3.95. The quantitative estimate of drug-likeness (QED) is 0.841. The molecule has 0 aliphatic rings. The van der Waals surface area contributed by atoms with Crippen molar-refractivity contribution in [2.75, 3.05) is 13.3 Å². The normalized spacial score (nSPS) is 12.4. The zero-order valence-electron chi connectivity index (χ0n) is 11.4. The van der Waals surface area contributed by atoms with E-state index in [1.807, 2.05) is 32.2 Å². The molecule has 0 amide bonds. The van der Waals surface area contributed by atoms with Crippen LogP contribution in [0.4, 0.5) is 4.39 Å². The summed E-state index contributed by atoms with van der Waals surface area (Å²) in [7, 11) is 1.90. The van der Waals surface area contributed by atoms with Crippen LogP contribution in [0, 0.1) is 12.7 Å². The number of thioether (sulfide) groups is 1. The molecule has 1 unspecified atom stereocenters. The molecule has 0 spiro atoms. The lowest BCUT2D eigenvalue weighted by Gasteiger charge is -2.20. The molecule has 0 heterocycles. The van der Waals surface area contributed by atoms with Crippen molar-refractivity contribution in [2.45, 2.75) is 17.9 Å². The topological polar surface area (TPSA) is 12.0 Å². The SMILES string of the molecule is CNC(c1cc(C)cc(F)c1)c1ccccc1SC. The van der Waals surface area contributed by atoms with Crippen LogP contribution in [0.3, 0.4) is 0 Å². The molecule has 2 rings (SSSR count). The minimum Gasteiger partial charge on any atom is -0.309 e. The molecule has 1 atom stereocenters. The fourth-order valence-electron chi connectivity index (χ4n) is 2.34. The molecule has 0 aliphatic carbocycles. The summed E-state index contributed by atoms with van der Waals surface area (Å²) in [4.78, 5) is 1.21. The van der Waals surface area contributed by atoms with Crippen molar-refractivity contribution >= 4 is 11.8 Å². The highest BCUT2D eigenvalue weighted by Crippen LogP contribution is 2.30. The fraction of sp³-hybridized carbons (Fsp3) is 0.250. The number of nitrogens with one attached hydrogen (secondary N) is 1. The Hall–Kier alpha value is -1.32. The van der Waals surface area contributed by atoms with Crippen molar-refractivity contribution in [1.29, 1.82) is 0 Å². The molecule has 0 saturated carbocycles. The van der Waals surface area contributed by atoms with E-state index in [9.17, 15) is 4.39 Å². The summed E-state index contributed by atoms with van der Waals surface area (Å²) in [6.45, 7) is 1.92. The summed E-state index contributed by atoms with van der Waals surface area (Å²) in [5.41, 5.74) is 3.08. The van der Waals surface area contributed by atoms with Gasteiger partial charge in [0.25, 0.3) is 0 Å². The van der Waals surface area contributed by atoms with Crippen LogP contribution in [0.25, 0.3) is 0 Å². The van der Waals surface area contributed by atoms with Crippen LogP contribution in [0.15, 0.2) is 47.4 Å². The standard InChI is InChI=1S/C16H18FNS/c1-11-8-12(10-13(17)9-11)16(18-2)14-6-4-5-7-15(14)19-3/h4-10,16,18H,1-3H3. The Labute approximate surface area is 118 Å². The first kappa shape index (κ1) is 14.1. The minimum atomic E-state index is -0.183. The maximum absolute atomic E-state index is 13.6. The average molecular weight is 275 g/mol. The first-order valence-corrected chi connectivity index (χ1v) is 7.45. The van der Waals surface area contributed by atoms with Gasteiger partial charge in [0.2, 0.25) is 0 Å². The molecule has 0 radical (unpaired) electrons. The van der Waals surface area contributed by atoms with E-state index < -0.39 is 0 Å². The summed E-state index contributed by atoms with van der Waals surface area (Å²) in [5, 5.41) is 3.28. The van der Waals surface area contributed by atoms with Crippen LogP contribution in [0.1, 0.15) is 22.7 Å². The molecule has 2 aromatic rings. The predicted molar refractivity (Wildman–Crippen MR) is 80.3 cm³/mol. The first-order chi connectivity index (χ1) is 9.15. The van der Waals surface area contributed by atoms with E-state index in [0.717, 1.165) is 11.1 Å². The Balaban J connectivity index is 2.49. The van der Waals surface area contributed by atoms with E-state index in [1.165, 1.54) is 10.5 Å². The van der Waals surface area contributed by atoms with Gasteiger partial charge >= 0.3 is 0 Å². The van der Waals surface area contributed by atoms with Crippen LogP contribution < -0.4 is 5.32 Å². The predicted octanol–water partition coefficient (Wildman–Crippen LogP) is 4.16. The first-order valence-electron chi connectivity index (χ1n) is 6.23. The van der Waals surface area contributed by atoms with Crippen LogP contribution in [0.2, 0.25) is 0 Å². The summed E-state index contributed by atoms with van der Waals surface area (Å²) in [6, 6.07) is 13.4. The number of halogens is 1. The summed E-state index contributed by atoms with van der Waals surface area (Å²) < 4.78 is 13.6. The van der Waals surface area contributed by atoms with Crippen LogP contribution in [-0.4, -0.2) is 13.3 Å². The van der Waals surface area contributed by atoms with Gasteiger partial charge in [0.1, 0.15) is 5.82 Å². The highest BCUT2D eigenvalue weighted by molar-refractivity contribution is 7.98. The molecular weight excluding hydrogens is 257 g/mol. The van der Waals surface area contributed by atoms with Gasteiger partial charge < -0.3 is 5.32 Å². The monoisotopic (exact) mass is 275 g/mol. The molecule has 0 aliphatic heterocycles. The molecule has 3 heteroatoms. The minimum absolute atomic E-state index is 0.0121. The van der Waals surface area contributed by atoms with Gasteiger partial charge in [0.05, 0.1) is 6.04 Å². The lowest BCUT2D eigenvalue weighted by Crippen LogP contribution is -2.18. The van der Waals surface area contributed by atoms with Crippen molar-refractivity contribution in [3.63, 3.8) is 0 Å². The van der Waals surface area contributed by atoms with Gasteiger partial charge in [-0.25, -0.2) is 4.39 Å². The van der Waals surface area contributed by atoms with Crippen molar-refractivity contribution < 1.29 is 4.39 Å². The molecule has 1 nitrogen and oxygen atoms in total. The second-order valence-corrected chi connectivity index (χ2v) is 5.37. The van der Waals surface area contributed by atoms with Crippen LogP contribution in [0.5, 0.6) is 0 Å². The molecule has 1 N–H and O–H groups in total. The highest BCUT2D eigenvalue weighted by Gasteiger charge is 2.16. The number of rotatable bonds is 4. The fourth-order valence-corrected chi connectivity index (χ4v) is 2.97. The van der Waals surface area contributed by atoms with E-state index >= 15 is 0 Å². The largest absolute Gasteiger partial charge is 0.309 e. The maximum atomic E-state index is 13.6. The molecule has 0 aromatic heterocycles. The lowest BCUT2D eigenvalue weighted by molar-refractivity contribution is 0.614. The smallest absolute Gasteiger partial charge is 0.123 e. The van der Waals surface area contributed by atoms with Gasteiger partial charge in [-0.3, -0.25) is 0 Å². The molecule has 0 bridgehead atoms. The second kappa shape index (κ2) is 6.22. The van der Waals surface area contributed by atoms with Crippen molar-refractivity contribution in [3.05, 3.63) is 65.0 Å². The van der Waals surface area contributed by atoms with Crippen molar-refractivity contribution in [2.24, 2.45) is 0 Å². The number of benzene rings is 2. The second-order valence-electron chi connectivity index (χ2n) is 4.53. The van der Waals surface area contributed by atoms with Crippen LogP contribution >= 0.6 is 11.8 Å².